The molecule has 1 N–H and O–H groups in total. The maximum Gasteiger partial charge on any atom is 0.0379 e. The average molecular weight is 278 g/mol. The summed E-state index contributed by atoms with van der Waals surface area (Å²) < 4.78 is 0. The summed E-state index contributed by atoms with van der Waals surface area (Å²) in [5, 5.41) is 3.70. The minimum absolute atomic E-state index is 0.648. The largest absolute Gasteiger partial charge is 0.381 e. The number of nitrogens with zero attached hydrogens (tertiary/aromatic N) is 1. The number of hydrogen-bond donors (Lipinski definition) is 1. The summed E-state index contributed by atoms with van der Waals surface area (Å²) in [7, 11) is 0. The van der Waals surface area contributed by atoms with E-state index in [2.05, 4.69) is 64.8 Å². The Hall–Kier alpha value is -1.80. The molecule has 0 saturated carbocycles. The van der Waals surface area contributed by atoms with Crippen molar-refractivity contribution >= 4 is 5.69 Å². The molecule has 108 valence electrons. The van der Waals surface area contributed by atoms with Gasteiger partial charge in [0.2, 0.25) is 0 Å². The van der Waals surface area contributed by atoms with E-state index in [9.17, 15) is 0 Å². The van der Waals surface area contributed by atoms with Crippen molar-refractivity contribution in [3.05, 3.63) is 65.7 Å². The Bertz CT molecular complexity index is 608. The maximum absolute atomic E-state index is 3.70. The minimum Gasteiger partial charge on any atom is -0.381 e. The molecule has 0 unspecified atom stereocenters. The Balaban J connectivity index is 1.42. The number of anilines is 1. The molecule has 0 spiro atoms. The van der Waals surface area contributed by atoms with Crippen molar-refractivity contribution in [2.45, 2.75) is 24.8 Å². The molecule has 0 radical (unpaired) electrons. The molecule has 2 aliphatic heterocycles. The van der Waals surface area contributed by atoms with E-state index < -0.39 is 0 Å². The van der Waals surface area contributed by atoms with Gasteiger partial charge in [-0.05, 0) is 30.0 Å². The van der Waals surface area contributed by atoms with Crippen molar-refractivity contribution in [1.82, 2.24) is 4.90 Å². The molecule has 0 bridgehead atoms. The number of benzene rings is 2. The van der Waals surface area contributed by atoms with Gasteiger partial charge in [-0.1, -0.05) is 48.5 Å². The first-order valence-corrected chi connectivity index (χ1v) is 8.02. The molecule has 1 fully saturated rings. The normalized spacial score (nSPS) is 24.2. The summed E-state index contributed by atoms with van der Waals surface area (Å²) in [4.78, 5) is 2.64. The molecule has 2 heteroatoms. The van der Waals surface area contributed by atoms with Gasteiger partial charge in [0, 0.05) is 37.3 Å². The smallest absolute Gasteiger partial charge is 0.0379 e. The summed E-state index contributed by atoms with van der Waals surface area (Å²) in [6.07, 6.45) is 2.42. The van der Waals surface area contributed by atoms with E-state index in [4.69, 9.17) is 0 Å². The third-order valence-electron chi connectivity index (χ3n) is 4.96. The molecule has 2 aromatic rings. The van der Waals surface area contributed by atoms with E-state index in [0.29, 0.717) is 12.0 Å². The summed E-state index contributed by atoms with van der Waals surface area (Å²) in [5.41, 5.74) is 4.33. The number of hydrogen-bond acceptors (Lipinski definition) is 2. The van der Waals surface area contributed by atoms with Gasteiger partial charge in [-0.2, -0.15) is 0 Å². The van der Waals surface area contributed by atoms with Gasteiger partial charge in [0.05, 0.1) is 0 Å². The number of nitrogens with one attached hydrogen (secondary N) is 1. The number of likely N-dealkylation sites (tertiary alicyclic amines) is 1. The van der Waals surface area contributed by atoms with E-state index >= 15 is 0 Å². The fourth-order valence-corrected chi connectivity index (χ4v) is 3.79. The first-order chi connectivity index (χ1) is 10.4. The summed E-state index contributed by atoms with van der Waals surface area (Å²) in [6, 6.07) is 20.3. The van der Waals surface area contributed by atoms with Crippen LogP contribution < -0.4 is 5.32 Å². The predicted octanol–water partition coefficient (Wildman–Crippen LogP) is 3.51. The van der Waals surface area contributed by atoms with Crippen molar-refractivity contribution in [1.29, 1.82) is 0 Å². The van der Waals surface area contributed by atoms with E-state index in [1.54, 1.807) is 0 Å². The minimum atomic E-state index is 0.648. The Labute approximate surface area is 126 Å². The zero-order chi connectivity index (χ0) is 14.1. The van der Waals surface area contributed by atoms with Crippen LogP contribution in [0.15, 0.2) is 54.6 Å². The highest BCUT2D eigenvalue weighted by atomic mass is 15.2. The van der Waals surface area contributed by atoms with Crippen LogP contribution in [0, 0.1) is 0 Å². The molecule has 2 atom stereocenters. The molecule has 21 heavy (non-hydrogen) atoms. The zero-order valence-corrected chi connectivity index (χ0v) is 12.3. The molecule has 0 aromatic heterocycles. The number of piperidine rings is 1. The zero-order valence-electron chi connectivity index (χ0n) is 12.3. The second-order valence-corrected chi connectivity index (χ2v) is 6.27. The Kier molecular flexibility index (Phi) is 3.40. The lowest BCUT2D eigenvalue weighted by atomic mass is 9.89. The van der Waals surface area contributed by atoms with Crippen LogP contribution in [-0.2, 0) is 6.42 Å². The summed E-state index contributed by atoms with van der Waals surface area (Å²) in [5.74, 6) is 0.672. The number of para-hydroxylation sites is 1. The quantitative estimate of drug-likeness (QED) is 0.924. The molecule has 2 heterocycles. The van der Waals surface area contributed by atoms with Crippen LogP contribution >= 0.6 is 0 Å². The second-order valence-electron chi connectivity index (χ2n) is 6.27. The van der Waals surface area contributed by atoms with Gasteiger partial charge >= 0.3 is 0 Å². The molecule has 0 aliphatic carbocycles. The summed E-state index contributed by atoms with van der Waals surface area (Å²) in [6.45, 7) is 3.59. The topological polar surface area (TPSA) is 15.3 Å². The van der Waals surface area contributed by atoms with Crippen molar-refractivity contribution < 1.29 is 0 Å². The van der Waals surface area contributed by atoms with Crippen molar-refractivity contribution in [3.8, 4) is 0 Å². The highest BCUT2D eigenvalue weighted by Gasteiger charge is 2.36. The van der Waals surface area contributed by atoms with Gasteiger partial charge in [0.1, 0.15) is 0 Å². The number of rotatable bonds is 3. The van der Waals surface area contributed by atoms with E-state index in [0.717, 1.165) is 6.42 Å². The first-order valence-electron chi connectivity index (χ1n) is 8.02. The lowest BCUT2D eigenvalue weighted by Gasteiger charge is -2.35. The van der Waals surface area contributed by atoms with E-state index in [1.165, 1.54) is 42.9 Å². The third kappa shape index (κ3) is 2.56. The molecule has 2 nitrogen and oxygen atoms in total. The highest BCUT2D eigenvalue weighted by Crippen LogP contribution is 2.39. The van der Waals surface area contributed by atoms with Crippen LogP contribution in [0.2, 0.25) is 0 Å². The average Bonchev–Trinajstić information content (AvgIpc) is 2.92. The van der Waals surface area contributed by atoms with Gasteiger partial charge in [-0.25, -0.2) is 0 Å². The second kappa shape index (κ2) is 5.53. The Morgan fingerprint density at radius 2 is 1.81 bits per heavy atom. The van der Waals surface area contributed by atoms with Crippen molar-refractivity contribution in [2.75, 3.05) is 25.0 Å². The van der Waals surface area contributed by atoms with Crippen LogP contribution in [0.1, 0.15) is 23.5 Å². The lowest BCUT2D eigenvalue weighted by Crippen LogP contribution is -2.42. The molecular formula is C19H22N2. The SMILES string of the molecule is c1ccc(CCN2CC[C@H]3Nc4ccccc4[C@@H]3C2)cc1. The van der Waals surface area contributed by atoms with Crippen LogP contribution in [0.25, 0.3) is 0 Å². The maximum atomic E-state index is 3.70. The Morgan fingerprint density at radius 1 is 1.00 bits per heavy atom. The molecular weight excluding hydrogens is 256 g/mol. The van der Waals surface area contributed by atoms with Gasteiger partial charge < -0.3 is 10.2 Å². The lowest BCUT2D eigenvalue weighted by molar-refractivity contribution is 0.204. The van der Waals surface area contributed by atoms with Gasteiger partial charge in [-0.3, -0.25) is 0 Å². The van der Waals surface area contributed by atoms with Crippen molar-refractivity contribution in [3.63, 3.8) is 0 Å². The third-order valence-corrected chi connectivity index (χ3v) is 4.96. The Morgan fingerprint density at radius 3 is 2.71 bits per heavy atom. The standard InChI is InChI=1S/C19H22N2/c1-2-6-15(7-3-1)10-12-21-13-11-19-17(14-21)16-8-4-5-9-18(16)20-19/h1-9,17,19-20H,10-14H2/t17-,19+/m0/s1. The molecule has 4 rings (SSSR count). The summed E-state index contributed by atoms with van der Waals surface area (Å²) >= 11 is 0. The van der Waals surface area contributed by atoms with Crippen LogP contribution in [0.3, 0.4) is 0 Å². The number of fused-ring (bicyclic) bond motifs is 3. The fraction of sp³-hybridized carbons (Fsp3) is 0.368. The van der Waals surface area contributed by atoms with Gasteiger partial charge in [0.25, 0.3) is 0 Å². The fourth-order valence-electron chi connectivity index (χ4n) is 3.79. The predicted molar refractivity (Wildman–Crippen MR) is 87.8 cm³/mol. The highest BCUT2D eigenvalue weighted by molar-refractivity contribution is 5.59. The molecule has 0 amide bonds. The van der Waals surface area contributed by atoms with Crippen LogP contribution in [0.5, 0.6) is 0 Å². The van der Waals surface area contributed by atoms with Gasteiger partial charge in [0.15, 0.2) is 0 Å². The van der Waals surface area contributed by atoms with Crippen molar-refractivity contribution in [2.24, 2.45) is 0 Å². The monoisotopic (exact) mass is 278 g/mol. The van der Waals surface area contributed by atoms with E-state index in [-0.39, 0.29) is 0 Å². The first kappa shape index (κ1) is 12.9. The van der Waals surface area contributed by atoms with Crippen LogP contribution in [-0.4, -0.2) is 30.6 Å². The van der Waals surface area contributed by atoms with Crippen LogP contribution in [0.4, 0.5) is 5.69 Å². The van der Waals surface area contributed by atoms with Gasteiger partial charge in [-0.15, -0.1) is 0 Å². The molecule has 2 aromatic carbocycles. The molecule has 1 saturated heterocycles. The van der Waals surface area contributed by atoms with E-state index in [1.807, 2.05) is 0 Å². The molecule has 2 aliphatic rings.